The van der Waals surface area contributed by atoms with Crippen LogP contribution < -0.4 is 5.32 Å². The van der Waals surface area contributed by atoms with Gasteiger partial charge in [-0.05, 0) is 18.9 Å². The van der Waals surface area contributed by atoms with Gasteiger partial charge in [0.25, 0.3) is 5.89 Å². The molecule has 0 aliphatic heterocycles. The Labute approximate surface area is 92.9 Å². The summed E-state index contributed by atoms with van der Waals surface area (Å²) in [6.07, 6.45) is 6.56. The van der Waals surface area contributed by atoms with Crippen LogP contribution in [-0.2, 0) is 6.42 Å². The molecule has 16 heavy (non-hydrogen) atoms. The highest BCUT2D eigenvalue weighted by Crippen LogP contribution is 2.19. The van der Waals surface area contributed by atoms with Gasteiger partial charge in [-0.1, -0.05) is 0 Å². The zero-order valence-electron chi connectivity index (χ0n) is 8.85. The lowest BCUT2D eigenvalue weighted by Crippen LogP contribution is -2.19. The molecule has 0 amide bonds. The third kappa shape index (κ3) is 2.14. The molecular weight excluding hydrogens is 206 g/mol. The summed E-state index contributed by atoms with van der Waals surface area (Å²) in [4.78, 5) is 0. The van der Waals surface area contributed by atoms with E-state index in [0.29, 0.717) is 11.8 Å². The van der Waals surface area contributed by atoms with Crippen LogP contribution in [0.25, 0.3) is 11.5 Å². The molecule has 2 aromatic rings. The number of nitrogens with zero attached hydrogens (tertiary/aromatic N) is 2. The van der Waals surface area contributed by atoms with E-state index in [4.69, 9.17) is 8.83 Å². The number of rotatable bonds is 5. The molecule has 3 rings (SSSR count). The Kier molecular flexibility index (Phi) is 2.46. The molecule has 1 aliphatic rings. The molecule has 84 valence electrons. The highest BCUT2D eigenvalue weighted by molar-refractivity contribution is 5.49. The zero-order chi connectivity index (χ0) is 10.8. The van der Waals surface area contributed by atoms with Crippen LogP contribution in [0.4, 0.5) is 0 Å². The van der Waals surface area contributed by atoms with Gasteiger partial charge in [-0.3, -0.25) is 0 Å². The Hall–Kier alpha value is -1.62. The minimum atomic E-state index is 0.523. The van der Waals surface area contributed by atoms with Gasteiger partial charge in [0.2, 0.25) is 5.89 Å². The van der Waals surface area contributed by atoms with Gasteiger partial charge in [0.15, 0.2) is 0 Å². The molecule has 0 unspecified atom stereocenters. The van der Waals surface area contributed by atoms with Gasteiger partial charge < -0.3 is 14.2 Å². The van der Waals surface area contributed by atoms with E-state index < -0.39 is 0 Å². The molecule has 1 aliphatic carbocycles. The third-order valence-corrected chi connectivity index (χ3v) is 2.58. The van der Waals surface area contributed by atoms with Crippen LogP contribution in [0.3, 0.4) is 0 Å². The normalized spacial score (nSPS) is 15.5. The maximum Gasteiger partial charge on any atom is 0.250 e. The average molecular weight is 219 g/mol. The summed E-state index contributed by atoms with van der Waals surface area (Å²) < 4.78 is 10.5. The Bertz CT molecular complexity index is 446. The molecule has 1 N–H and O–H groups in total. The number of hydrogen-bond donors (Lipinski definition) is 1. The van der Waals surface area contributed by atoms with E-state index in [1.165, 1.54) is 12.8 Å². The first-order valence-electron chi connectivity index (χ1n) is 5.50. The molecule has 0 saturated heterocycles. The van der Waals surface area contributed by atoms with E-state index in [2.05, 4.69) is 15.5 Å². The lowest BCUT2D eigenvalue weighted by atomic mass is 10.3. The van der Waals surface area contributed by atoms with E-state index in [0.717, 1.165) is 24.6 Å². The molecule has 0 spiro atoms. The fourth-order valence-corrected chi connectivity index (χ4v) is 1.53. The molecule has 2 aromatic heterocycles. The van der Waals surface area contributed by atoms with Crippen LogP contribution in [0.5, 0.6) is 0 Å². The number of aromatic nitrogens is 2. The molecule has 0 atom stereocenters. The fraction of sp³-hybridized carbons (Fsp3) is 0.455. The summed E-state index contributed by atoms with van der Waals surface area (Å²) >= 11 is 0. The highest BCUT2D eigenvalue weighted by Gasteiger charge is 2.20. The summed E-state index contributed by atoms with van der Waals surface area (Å²) in [6, 6.07) is 2.52. The van der Waals surface area contributed by atoms with Gasteiger partial charge in [-0.15, -0.1) is 10.2 Å². The lowest BCUT2D eigenvalue weighted by molar-refractivity contribution is 0.492. The lowest BCUT2D eigenvalue weighted by Gasteiger charge is -1.97. The molecule has 5 heteroatoms. The molecule has 5 nitrogen and oxygen atoms in total. The Morgan fingerprint density at radius 1 is 1.38 bits per heavy atom. The smallest absolute Gasteiger partial charge is 0.250 e. The van der Waals surface area contributed by atoms with Crippen molar-refractivity contribution in [2.75, 3.05) is 6.54 Å². The van der Waals surface area contributed by atoms with Crippen LogP contribution in [0, 0.1) is 0 Å². The monoisotopic (exact) mass is 219 g/mol. The Morgan fingerprint density at radius 2 is 2.31 bits per heavy atom. The van der Waals surface area contributed by atoms with Crippen molar-refractivity contribution < 1.29 is 8.83 Å². The fourth-order valence-electron chi connectivity index (χ4n) is 1.53. The summed E-state index contributed by atoms with van der Waals surface area (Å²) in [7, 11) is 0. The van der Waals surface area contributed by atoms with Crippen molar-refractivity contribution in [1.82, 2.24) is 15.5 Å². The van der Waals surface area contributed by atoms with Gasteiger partial charge in [-0.2, -0.15) is 0 Å². The number of nitrogens with one attached hydrogen (secondary N) is 1. The second-order valence-electron chi connectivity index (χ2n) is 3.99. The van der Waals surface area contributed by atoms with Crippen molar-refractivity contribution in [2.45, 2.75) is 25.3 Å². The van der Waals surface area contributed by atoms with Crippen molar-refractivity contribution in [1.29, 1.82) is 0 Å². The first kappa shape index (κ1) is 9.59. The largest absolute Gasteiger partial charge is 0.472 e. The SMILES string of the molecule is c1cc(-c2nnc(CCNC3CC3)o2)co1. The van der Waals surface area contributed by atoms with Crippen LogP contribution in [0.15, 0.2) is 27.4 Å². The van der Waals surface area contributed by atoms with E-state index in [1.54, 1.807) is 18.6 Å². The van der Waals surface area contributed by atoms with Crippen molar-refractivity contribution in [3.05, 3.63) is 24.5 Å². The van der Waals surface area contributed by atoms with Crippen molar-refractivity contribution >= 4 is 0 Å². The Morgan fingerprint density at radius 3 is 3.06 bits per heavy atom. The second kappa shape index (κ2) is 4.09. The highest BCUT2D eigenvalue weighted by atomic mass is 16.4. The minimum Gasteiger partial charge on any atom is -0.472 e. The predicted octanol–water partition coefficient (Wildman–Crippen LogP) is 1.62. The van der Waals surface area contributed by atoms with Gasteiger partial charge >= 0.3 is 0 Å². The average Bonchev–Trinajstić information content (AvgIpc) is 2.83. The Balaban J connectivity index is 1.59. The van der Waals surface area contributed by atoms with Gasteiger partial charge in [0, 0.05) is 19.0 Å². The van der Waals surface area contributed by atoms with Crippen molar-refractivity contribution in [3.8, 4) is 11.5 Å². The standard InChI is InChI=1S/C11H13N3O2/c1-2-9(1)12-5-3-10-13-14-11(16-10)8-4-6-15-7-8/h4,6-7,9,12H,1-3,5H2. The van der Waals surface area contributed by atoms with E-state index in [-0.39, 0.29) is 0 Å². The summed E-state index contributed by atoms with van der Waals surface area (Å²) in [5, 5.41) is 11.4. The van der Waals surface area contributed by atoms with Crippen LogP contribution in [0.2, 0.25) is 0 Å². The van der Waals surface area contributed by atoms with E-state index in [1.807, 2.05) is 0 Å². The van der Waals surface area contributed by atoms with Crippen LogP contribution >= 0.6 is 0 Å². The maximum atomic E-state index is 5.51. The van der Waals surface area contributed by atoms with Crippen LogP contribution in [-0.4, -0.2) is 22.8 Å². The minimum absolute atomic E-state index is 0.523. The second-order valence-corrected chi connectivity index (χ2v) is 3.99. The van der Waals surface area contributed by atoms with Gasteiger partial charge in [0.05, 0.1) is 11.8 Å². The molecule has 1 saturated carbocycles. The first-order valence-corrected chi connectivity index (χ1v) is 5.50. The molecule has 0 radical (unpaired) electrons. The van der Waals surface area contributed by atoms with Gasteiger partial charge in [0.1, 0.15) is 6.26 Å². The number of hydrogen-bond acceptors (Lipinski definition) is 5. The molecular formula is C11H13N3O2. The topological polar surface area (TPSA) is 64.1 Å². The maximum absolute atomic E-state index is 5.51. The molecule has 0 bridgehead atoms. The summed E-state index contributed by atoms with van der Waals surface area (Å²) in [6.45, 7) is 0.900. The first-order chi connectivity index (χ1) is 7.92. The summed E-state index contributed by atoms with van der Waals surface area (Å²) in [5.74, 6) is 1.19. The van der Waals surface area contributed by atoms with Crippen molar-refractivity contribution in [2.24, 2.45) is 0 Å². The predicted molar refractivity (Wildman–Crippen MR) is 56.7 cm³/mol. The summed E-state index contributed by atoms with van der Waals surface area (Å²) in [5.41, 5.74) is 0.828. The number of furan rings is 1. The third-order valence-electron chi connectivity index (χ3n) is 2.58. The quantitative estimate of drug-likeness (QED) is 0.827. The van der Waals surface area contributed by atoms with Crippen molar-refractivity contribution in [3.63, 3.8) is 0 Å². The van der Waals surface area contributed by atoms with Crippen LogP contribution in [0.1, 0.15) is 18.7 Å². The van der Waals surface area contributed by atoms with E-state index in [9.17, 15) is 0 Å². The molecule has 1 fully saturated rings. The molecule has 2 heterocycles. The zero-order valence-corrected chi connectivity index (χ0v) is 8.85. The van der Waals surface area contributed by atoms with E-state index >= 15 is 0 Å². The molecule has 0 aromatic carbocycles. The van der Waals surface area contributed by atoms with Gasteiger partial charge in [-0.25, -0.2) is 0 Å².